The minimum Gasteiger partial charge on any atom is -0.313 e. The molecule has 0 aliphatic rings. The summed E-state index contributed by atoms with van der Waals surface area (Å²) in [7, 11) is 0. The van der Waals surface area contributed by atoms with Gasteiger partial charge in [-0.25, -0.2) is 9.97 Å². The van der Waals surface area contributed by atoms with Gasteiger partial charge in [0, 0.05) is 18.7 Å². The summed E-state index contributed by atoms with van der Waals surface area (Å²) in [5.74, 6) is 1.87. The number of hydrogen-bond acceptors (Lipinski definition) is 2. The highest BCUT2D eigenvalue weighted by atomic mass is 15.1. The maximum Gasteiger partial charge on any atom is 0.160 e. The Labute approximate surface area is 109 Å². The first-order valence-electron chi connectivity index (χ1n) is 6.86. The molecule has 0 saturated carbocycles. The third-order valence-corrected chi connectivity index (χ3v) is 3.35. The number of nitrogens with zero attached hydrogens (tertiary/aromatic N) is 3. The van der Waals surface area contributed by atoms with Gasteiger partial charge in [-0.15, -0.1) is 0 Å². The molecule has 0 amide bonds. The van der Waals surface area contributed by atoms with Gasteiger partial charge in [0.05, 0.1) is 0 Å². The molecular weight excluding hydrogens is 222 g/mol. The molecule has 0 N–H and O–H groups in total. The zero-order chi connectivity index (χ0) is 13.3. The number of hydrogen-bond donors (Lipinski definition) is 0. The van der Waals surface area contributed by atoms with Crippen molar-refractivity contribution in [2.24, 2.45) is 5.92 Å². The average molecular weight is 245 g/mol. The first-order valence-corrected chi connectivity index (χ1v) is 6.86. The summed E-state index contributed by atoms with van der Waals surface area (Å²) < 4.78 is 2.30. The largest absolute Gasteiger partial charge is 0.313 e. The number of pyridine rings is 1. The van der Waals surface area contributed by atoms with E-state index in [4.69, 9.17) is 4.98 Å². The van der Waals surface area contributed by atoms with Crippen molar-refractivity contribution in [2.45, 2.75) is 54.0 Å². The van der Waals surface area contributed by atoms with Gasteiger partial charge in [-0.2, -0.15) is 0 Å². The van der Waals surface area contributed by atoms with Crippen LogP contribution in [0.2, 0.25) is 0 Å². The normalized spacial score (nSPS) is 11.7. The monoisotopic (exact) mass is 245 g/mol. The highest BCUT2D eigenvalue weighted by Crippen LogP contribution is 2.20. The Kier molecular flexibility index (Phi) is 3.69. The summed E-state index contributed by atoms with van der Waals surface area (Å²) in [4.78, 5) is 9.43. The first-order chi connectivity index (χ1) is 8.52. The van der Waals surface area contributed by atoms with Crippen LogP contribution in [0.3, 0.4) is 0 Å². The van der Waals surface area contributed by atoms with Crippen LogP contribution < -0.4 is 0 Å². The van der Waals surface area contributed by atoms with E-state index in [1.165, 1.54) is 12.0 Å². The van der Waals surface area contributed by atoms with E-state index in [0.29, 0.717) is 5.92 Å². The van der Waals surface area contributed by atoms with E-state index in [0.717, 1.165) is 35.6 Å². The van der Waals surface area contributed by atoms with E-state index in [9.17, 15) is 0 Å². The highest BCUT2D eigenvalue weighted by Gasteiger charge is 2.13. The zero-order valence-electron chi connectivity index (χ0n) is 12.1. The molecule has 2 heterocycles. The molecule has 0 saturated heterocycles. The molecule has 3 nitrogen and oxygen atoms in total. The second kappa shape index (κ2) is 5.09. The van der Waals surface area contributed by atoms with E-state index in [1.807, 2.05) is 0 Å². The molecule has 0 fully saturated rings. The van der Waals surface area contributed by atoms with E-state index in [1.54, 1.807) is 0 Å². The van der Waals surface area contributed by atoms with Crippen molar-refractivity contribution in [3.8, 4) is 0 Å². The highest BCUT2D eigenvalue weighted by molar-refractivity contribution is 5.75. The lowest BCUT2D eigenvalue weighted by molar-refractivity contribution is 0.511. The van der Waals surface area contributed by atoms with E-state index in [-0.39, 0.29) is 0 Å². The SMILES string of the molecule is CCc1nc2c(C)cc(C)nc2n1CCC(C)C. The predicted molar refractivity (Wildman–Crippen MR) is 75.8 cm³/mol. The van der Waals surface area contributed by atoms with Gasteiger partial charge in [0.15, 0.2) is 5.65 Å². The molecule has 0 bridgehead atoms. The fourth-order valence-electron chi connectivity index (χ4n) is 2.34. The topological polar surface area (TPSA) is 30.7 Å². The molecule has 0 unspecified atom stereocenters. The molecule has 2 aromatic rings. The van der Waals surface area contributed by atoms with Crippen molar-refractivity contribution < 1.29 is 0 Å². The van der Waals surface area contributed by atoms with Gasteiger partial charge in [0.25, 0.3) is 0 Å². The third-order valence-electron chi connectivity index (χ3n) is 3.35. The van der Waals surface area contributed by atoms with Crippen LogP contribution in [0.15, 0.2) is 6.07 Å². The Balaban J connectivity index is 2.54. The molecule has 0 aliphatic carbocycles. The van der Waals surface area contributed by atoms with Crippen molar-refractivity contribution in [3.05, 3.63) is 23.1 Å². The van der Waals surface area contributed by atoms with Crippen LogP contribution in [-0.4, -0.2) is 14.5 Å². The molecule has 0 spiro atoms. The summed E-state index contributed by atoms with van der Waals surface area (Å²) in [6, 6.07) is 2.11. The molecule has 0 atom stereocenters. The van der Waals surface area contributed by atoms with Crippen molar-refractivity contribution in [1.29, 1.82) is 0 Å². The minimum atomic E-state index is 0.707. The summed E-state index contributed by atoms with van der Waals surface area (Å²) in [6.07, 6.45) is 2.14. The van der Waals surface area contributed by atoms with Gasteiger partial charge in [0.1, 0.15) is 11.3 Å². The lowest BCUT2D eigenvalue weighted by atomic mass is 10.1. The molecular formula is C15H23N3. The smallest absolute Gasteiger partial charge is 0.160 e. The van der Waals surface area contributed by atoms with Crippen LogP contribution in [0, 0.1) is 19.8 Å². The summed E-state index contributed by atoms with van der Waals surface area (Å²) in [5.41, 5.74) is 4.44. The lowest BCUT2D eigenvalue weighted by Crippen LogP contribution is -2.06. The maximum absolute atomic E-state index is 4.75. The van der Waals surface area contributed by atoms with Gasteiger partial charge in [-0.3, -0.25) is 0 Å². The van der Waals surface area contributed by atoms with E-state index >= 15 is 0 Å². The van der Waals surface area contributed by atoms with Gasteiger partial charge >= 0.3 is 0 Å². The molecule has 2 aromatic heterocycles. The number of rotatable bonds is 4. The van der Waals surface area contributed by atoms with Crippen LogP contribution in [-0.2, 0) is 13.0 Å². The number of aromatic nitrogens is 3. The van der Waals surface area contributed by atoms with E-state index in [2.05, 4.69) is 50.2 Å². The Morgan fingerprint density at radius 3 is 2.56 bits per heavy atom. The second-order valence-corrected chi connectivity index (χ2v) is 5.47. The molecule has 98 valence electrons. The quantitative estimate of drug-likeness (QED) is 0.823. The van der Waals surface area contributed by atoms with Gasteiger partial charge in [0.2, 0.25) is 0 Å². The van der Waals surface area contributed by atoms with Crippen molar-refractivity contribution >= 4 is 11.2 Å². The Morgan fingerprint density at radius 1 is 1.22 bits per heavy atom. The Hall–Kier alpha value is -1.38. The van der Waals surface area contributed by atoms with E-state index < -0.39 is 0 Å². The third kappa shape index (κ3) is 2.40. The van der Waals surface area contributed by atoms with Gasteiger partial charge < -0.3 is 4.57 Å². The number of fused-ring (bicyclic) bond motifs is 1. The minimum absolute atomic E-state index is 0.707. The van der Waals surface area contributed by atoms with Gasteiger partial charge in [-0.1, -0.05) is 20.8 Å². The summed E-state index contributed by atoms with van der Waals surface area (Å²) >= 11 is 0. The predicted octanol–water partition coefficient (Wildman–Crippen LogP) is 3.66. The summed E-state index contributed by atoms with van der Waals surface area (Å²) in [5, 5.41) is 0. The molecule has 3 heteroatoms. The summed E-state index contributed by atoms with van der Waals surface area (Å²) in [6.45, 7) is 11.9. The molecule has 2 rings (SSSR count). The van der Waals surface area contributed by atoms with Crippen LogP contribution in [0.5, 0.6) is 0 Å². The number of imidazole rings is 1. The fourth-order valence-corrected chi connectivity index (χ4v) is 2.34. The van der Waals surface area contributed by atoms with Crippen molar-refractivity contribution in [2.75, 3.05) is 0 Å². The Bertz CT molecular complexity index is 552. The molecule has 0 aliphatic heterocycles. The maximum atomic E-state index is 4.75. The Morgan fingerprint density at radius 2 is 1.94 bits per heavy atom. The van der Waals surface area contributed by atoms with Crippen molar-refractivity contribution in [1.82, 2.24) is 14.5 Å². The number of aryl methyl sites for hydroxylation is 4. The van der Waals surface area contributed by atoms with Gasteiger partial charge in [-0.05, 0) is 37.8 Å². The zero-order valence-corrected chi connectivity index (χ0v) is 12.1. The molecule has 18 heavy (non-hydrogen) atoms. The average Bonchev–Trinajstić information content (AvgIpc) is 2.64. The molecule has 0 aromatic carbocycles. The standard InChI is InChI=1S/C15H23N3/c1-6-13-17-14-11(4)9-12(5)16-15(14)18(13)8-7-10(2)3/h9-10H,6-8H2,1-5H3. The van der Waals surface area contributed by atoms with Crippen LogP contribution >= 0.6 is 0 Å². The first kappa shape index (κ1) is 13.1. The van der Waals surface area contributed by atoms with Crippen LogP contribution in [0.1, 0.15) is 44.3 Å². The van der Waals surface area contributed by atoms with Crippen molar-refractivity contribution in [3.63, 3.8) is 0 Å². The van der Waals surface area contributed by atoms with Crippen LogP contribution in [0.25, 0.3) is 11.2 Å². The second-order valence-electron chi connectivity index (χ2n) is 5.47. The van der Waals surface area contributed by atoms with Crippen LogP contribution in [0.4, 0.5) is 0 Å². The fraction of sp³-hybridized carbons (Fsp3) is 0.600. The molecule has 0 radical (unpaired) electrons. The lowest BCUT2D eigenvalue weighted by Gasteiger charge is -2.09.